The first-order valence-electron chi connectivity index (χ1n) is 10.7. The number of hydrogen-bond donors (Lipinski definition) is 0. The first kappa shape index (κ1) is 24.3. The van der Waals surface area contributed by atoms with Crippen LogP contribution < -0.4 is 8.92 Å². The minimum Gasteiger partial charge on any atom is -0.493 e. The lowest BCUT2D eigenvalue weighted by atomic mass is 10.0. The van der Waals surface area contributed by atoms with Gasteiger partial charge in [0.25, 0.3) is 5.91 Å². The van der Waals surface area contributed by atoms with Gasteiger partial charge in [-0.15, -0.1) is 0 Å². The lowest BCUT2D eigenvalue weighted by Crippen LogP contribution is -2.33. The predicted molar refractivity (Wildman–Crippen MR) is 130 cm³/mol. The Balaban J connectivity index is 1.85. The molecule has 0 aliphatic heterocycles. The Hall–Kier alpha value is -3.32. The van der Waals surface area contributed by atoms with Gasteiger partial charge in [0, 0.05) is 18.7 Å². The number of nitrogens with zero attached hydrogens (tertiary/aromatic N) is 1. The molecule has 0 aromatic heterocycles. The number of carbonyl (C=O) groups excluding carboxylic acids is 1. The third kappa shape index (κ3) is 6.83. The molecule has 7 heteroatoms. The third-order valence-electron chi connectivity index (χ3n) is 4.95. The minimum atomic E-state index is -3.72. The number of rotatable bonds is 9. The molecule has 3 rings (SSSR count). The molecular formula is C26H29NO5S. The quantitative estimate of drug-likeness (QED) is 0.414. The summed E-state index contributed by atoms with van der Waals surface area (Å²) in [5.41, 5.74) is 3.47. The van der Waals surface area contributed by atoms with Gasteiger partial charge in [0.15, 0.2) is 11.5 Å². The van der Waals surface area contributed by atoms with Crippen LogP contribution in [0.25, 0.3) is 11.1 Å². The largest absolute Gasteiger partial charge is 0.493 e. The molecule has 3 aromatic rings. The number of amides is 1. The lowest BCUT2D eigenvalue weighted by Gasteiger charge is -2.25. The van der Waals surface area contributed by atoms with Gasteiger partial charge in [-0.3, -0.25) is 4.79 Å². The molecule has 0 spiro atoms. The van der Waals surface area contributed by atoms with Gasteiger partial charge < -0.3 is 13.8 Å². The SMILES string of the molecule is COc1ccc(CN(CC(C)C)C(=O)c2ccc(-c3ccccc3)cc2)cc1OS(C)(=O)=O. The average molecular weight is 468 g/mol. The molecule has 0 saturated heterocycles. The minimum absolute atomic E-state index is 0.0929. The van der Waals surface area contributed by atoms with Crippen molar-refractivity contribution < 1.29 is 22.1 Å². The van der Waals surface area contributed by atoms with E-state index in [0.29, 0.717) is 24.4 Å². The van der Waals surface area contributed by atoms with Gasteiger partial charge in [-0.25, -0.2) is 0 Å². The molecule has 0 radical (unpaired) electrons. The van der Waals surface area contributed by atoms with Gasteiger partial charge in [0.05, 0.1) is 13.4 Å². The molecular weight excluding hydrogens is 438 g/mol. The van der Waals surface area contributed by atoms with Gasteiger partial charge in [0.2, 0.25) is 0 Å². The molecule has 1 amide bonds. The Labute approximate surface area is 195 Å². The van der Waals surface area contributed by atoms with E-state index in [2.05, 4.69) is 0 Å². The van der Waals surface area contributed by atoms with Crippen molar-refractivity contribution in [2.24, 2.45) is 5.92 Å². The fourth-order valence-electron chi connectivity index (χ4n) is 3.55. The van der Waals surface area contributed by atoms with Crippen LogP contribution in [-0.2, 0) is 16.7 Å². The molecule has 33 heavy (non-hydrogen) atoms. The van der Waals surface area contributed by atoms with Crippen molar-refractivity contribution in [3.05, 3.63) is 83.9 Å². The zero-order valence-corrected chi connectivity index (χ0v) is 20.1. The highest BCUT2D eigenvalue weighted by Crippen LogP contribution is 2.30. The number of hydrogen-bond acceptors (Lipinski definition) is 5. The van der Waals surface area contributed by atoms with Crippen molar-refractivity contribution in [3.63, 3.8) is 0 Å². The summed E-state index contributed by atoms with van der Waals surface area (Å²) in [7, 11) is -2.28. The third-order valence-corrected chi connectivity index (χ3v) is 5.44. The van der Waals surface area contributed by atoms with Crippen LogP contribution in [0.5, 0.6) is 11.5 Å². The summed E-state index contributed by atoms with van der Waals surface area (Å²) in [5, 5.41) is 0. The molecule has 0 unspecified atom stereocenters. The van der Waals surface area contributed by atoms with Crippen LogP contribution in [0.1, 0.15) is 29.8 Å². The number of benzene rings is 3. The molecule has 6 nitrogen and oxygen atoms in total. The maximum Gasteiger partial charge on any atom is 0.306 e. The van der Waals surface area contributed by atoms with Crippen molar-refractivity contribution in [1.29, 1.82) is 0 Å². The van der Waals surface area contributed by atoms with Crippen molar-refractivity contribution in [1.82, 2.24) is 4.90 Å². The highest BCUT2D eigenvalue weighted by atomic mass is 32.2. The molecule has 174 valence electrons. The van der Waals surface area contributed by atoms with Crippen LogP contribution in [0.15, 0.2) is 72.8 Å². The van der Waals surface area contributed by atoms with Crippen LogP contribution in [0.4, 0.5) is 0 Å². The van der Waals surface area contributed by atoms with E-state index in [1.165, 1.54) is 7.11 Å². The first-order chi connectivity index (χ1) is 15.7. The lowest BCUT2D eigenvalue weighted by molar-refractivity contribution is 0.0722. The van der Waals surface area contributed by atoms with E-state index in [-0.39, 0.29) is 17.6 Å². The van der Waals surface area contributed by atoms with E-state index in [4.69, 9.17) is 8.92 Å². The van der Waals surface area contributed by atoms with Crippen molar-refractivity contribution in [2.75, 3.05) is 19.9 Å². The molecule has 0 bridgehead atoms. The summed E-state index contributed by atoms with van der Waals surface area (Å²) in [6.45, 7) is 4.95. The van der Waals surface area contributed by atoms with Crippen LogP contribution in [0, 0.1) is 5.92 Å². The molecule has 0 aliphatic rings. The molecule has 3 aromatic carbocycles. The summed E-state index contributed by atoms with van der Waals surface area (Å²) in [5.74, 6) is 0.566. The second-order valence-electron chi connectivity index (χ2n) is 8.30. The summed E-state index contributed by atoms with van der Waals surface area (Å²) in [6.07, 6.45) is 0.979. The van der Waals surface area contributed by atoms with Crippen molar-refractivity contribution in [3.8, 4) is 22.6 Å². The fourth-order valence-corrected chi connectivity index (χ4v) is 4.00. The zero-order valence-electron chi connectivity index (χ0n) is 19.3. The Kier molecular flexibility index (Phi) is 7.76. The number of carbonyl (C=O) groups is 1. The summed E-state index contributed by atoms with van der Waals surface area (Å²) in [4.78, 5) is 15.1. The Morgan fingerprint density at radius 3 is 2.12 bits per heavy atom. The smallest absolute Gasteiger partial charge is 0.306 e. The van der Waals surface area contributed by atoms with Gasteiger partial charge in [-0.1, -0.05) is 62.4 Å². The Morgan fingerprint density at radius 2 is 1.55 bits per heavy atom. The Morgan fingerprint density at radius 1 is 0.909 bits per heavy atom. The van der Waals surface area contributed by atoms with Crippen molar-refractivity contribution in [2.45, 2.75) is 20.4 Å². The molecule has 0 heterocycles. The Bertz CT molecular complexity index is 1190. The first-order valence-corrected chi connectivity index (χ1v) is 12.5. The fraction of sp³-hybridized carbons (Fsp3) is 0.269. The van der Waals surface area contributed by atoms with E-state index < -0.39 is 10.1 Å². The molecule has 0 aliphatic carbocycles. The van der Waals surface area contributed by atoms with Gasteiger partial charge in [-0.05, 0) is 46.9 Å². The summed E-state index contributed by atoms with van der Waals surface area (Å²) >= 11 is 0. The van der Waals surface area contributed by atoms with E-state index in [0.717, 1.165) is 22.9 Å². The summed E-state index contributed by atoms with van der Waals surface area (Å²) < 4.78 is 33.5. The van der Waals surface area contributed by atoms with Gasteiger partial charge >= 0.3 is 10.1 Å². The van der Waals surface area contributed by atoms with E-state index in [1.807, 2.05) is 68.4 Å². The number of methoxy groups -OCH3 is 1. The maximum absolute atomic E-state index is 13.3. The van der Waals surface area contributed by atoms with Crippen LogP contribution in [-0.4, -0.2) is 39.1 Å². The van der Waals surface area contributed by atoms with E-state index in [9.17, 15) is 13.2 Å². The van der Waals surface area contributed by atoms with E-state index in [1.54, 1.807) is 23.1 Å². The highest BCUT2D eigenvalue weighted by Gasteiger charge is 2.19. The monoisotopic (exact) mass is 467 g/mol. The molecule has 0 N–H and O–H groups in total. The van der Waals surface area contributed by atoms with Crippen molar-refractivity contribution >= 4 is 16.0 Å². The standard InChI is InChI=1S/C26H29NO5S/c1-19(2)17-27(18-20-10-15-24(31-3)25(16-20)32-33(4,29)30)26(28)23-13-11-22(12-14-23)21-8-6-5-7-9-21/h5-16,19H,17-18H2,1-4H3. The second kappa shape index (κ2) is 10.5. The molecule has 0 fully saturated rings. The second-order valence-corrected chi connectivity index (χ2v) is 9.87. The average Bonchev–Trinajstić information content (AvgIpc) is 2.78. The maximum atomic E-state index is 13.3. The molecule has 0 saturated carbocycles. The normalized spacial score (nSPS) is 11.3. The van der Waals surface area contributed by atoms with Gasteiger partial charge in [0.1, 0.15) is 0 Å². The van der Waals surface area contributed by atoms with Crippen LogP contribution in [0.3, 0.4) is 0 Å². The highest BCUT2D eigenvalue weighted by molar-refractivity contribution is 7.86. The topological polar surface area (TPSA) is 72.9 Å². The van der Waals surface area contributed by atoms with E-state index >= 15 is 0 Å². The van der Waals surface area contributed by atoms with Crippen LogP contribution >= 0.6 is 0 Å². The van der Waals surface area contributed by atoms with Gasteiger partial charge in [-0.2, -0.15) is 8.42 Å². The zero-order chi connectivity index (χ0) is 24.0. The molecule has 0 atom stereocenters. The summed E-state index contributed by atoms with van der Waals surface area (Å²) in [6, 6.07) is 22.6. The number of ether oxygens (including phenoxy) is 1. The van der Waals surface area contributed by atoms with Crippen LogP contribution in [0.2, 0.25) is 0 Å². The predicted octanol–water partition coefficient (Wildman–Crippen LogP) is 5.00.